The van der Waals surface area contributed by atoms with Crippen LogP contribution in [0.1, 0.15) is 13.8 Å². The molecule has 1 aliphatic heterocycles. The molecule has 1 fully saturated rings. The molecular formula is C11H18O8. The largest absolute Gasteiger partial charge is 0.463 e. The predicted molar refractivity (Wildman–Crippen MR) is 59.9 cm³/mol. The van der Waals surface area contributed by atoms with Crippen LogP contribution >= 0.6 is 0 Å². The lowest BCUT2D eigenvalue weighted by Gasteiger charge is -2.41. The molecule has 1 aliphatic rings. The molecule has 5 atom stereocenters. The smallest absolute Gasteiger partial charge is 0.303 e. The SMILES string of the molecule is CO[C@@H]1C(COC(C)=O)O[C@@H](O)C(OC(C)=O)[C@H]1O. The molecule has 0 radical (unpaired) electrons. The van der Waals surface area contributed by atoms with Crippen molar-refractivity contribution in [3.05, 3.63) is 0 Å². The van der Waals surface area contributed by atoms with Crippen LogP contribution in [0.2, 0.25) is 0 Å². The van der Waals surface area contributed by atoms with Gasteiger partial charge in [0.25, 0.3) is 0 Å². The first kappa shape index (κ1) is 15.8. The van der Waals surface area contributed by atoms with Gasteiger partial charge in [0.15, 0.2) is 12.4 Å². The normalized spacial score (nSPS) is 34.7. The van der Waals surface area contributed by atoms with Crippen molar-refractivity contribution in [3.8, 4) is 0 Å². The first-order valence-electron chi connectivity index (χ1n) is 5.71. The molecule has 0 aromatic heterocycles. The molecule has 2 N–H and O–H groups in total. The summed E-state index contributed by atoms with van der Waals surface area (Å²) < 4.78 is 19.7. The quantitative estimate of drug-likeness (QED) is 0.602. The van der Waals surface area contributed by atoms with Gasteiger partial charge in [-0.3, -0.25) is 9.59 Å². The molecule has 0 saturated carbocycles. The molecule has 8 nitrogen and oxygen atoms in total. The number of carbonyl (C=O) groups excluding carboxylic acids is 2. The van der Waals surface area contributed by atoms with E-state index in [9.17, 15) is 19.8 Å². The van der Waals surface area contributed by atoms with Crippen molar-refractivity contribution in [1.82, 2.24) is 0 Å². The Labute approximate surface area is 110 Å². The highest BCUT2D eigenvalue weighted by atomic mass is 16.7. The maximum atomic E-state index is 10.9. The van der Waals surface area contributed by atoms with Crippen molar-refractivity contribution < 1.29 is 38.7 Å². The van der Waals surface area contributed by atoms with E-state index in [1.54, 1.807) is 0 Å². The van der Waals surface area contributed by atoms with Crippen LogP contribution in [0.5, 0.6) is 0 Å². The average Bonchev–Trinajstić information content (AvgIpc) is 2.31. The summed E-state index contributed by atoms with van der Waals surface area (Å²) in [6, 6.07) is 0. The predicted octanol–water partition coefficient (Wildman–Crippen LogP) is -1.43. The topological polar surface area (TPSA) is 112 Å². The lowest BCUT2D eigenvalue weighted by Crippen LogP contribution is -2.60. The minimum atomic E-state index is -1.52. The van der Waals surface area contributed by atoms with Crippen molar-refractivity contribution in [2.75, 3.05) is 13.7 Å². The fourth-order valence-corrected chi connectivity index (χ4v) is 1.85. The van der Waals surface area contributed by atoms with E-state index in [4.69, 9.17) is 18.9 Å². The number of carbonyl (C=O) groups is 2. The Morgan fingerprint density at radius 1 is 1.16 bits per heavy atom. The van der Waals surface area contributed by atoms with E-state index in [0.717, 1.165) is 6.92 Å². The van der Waals surface area contributed by atoms with Gasteiger partial charge in [0.1, 0.15) is 24.9 Å². The molecular weight excluding hydrogens is 260 g/mol. The van der Waals surface area contributed by atoms with Crippen LogP contribution in [-0.2, 0) is 28.5 Å². The van der Waals surface area contributed by atoms with Gasteiger partial charge in [-0.1, -0.05) is 0 Å². The molecule has 1 saturated heterocycles. The second-order valence-electron chi connectivity index (χ2n) is 4.13. The number of ether oxygens (including phenoxy) is 4. The standard InChI is InChI=1S/C11H18O8/c1-5(12)17-4-7-9(16-3)8(14)10(11(15)19-7)18-6(2)13/h7-11,14-15H,4H2,1-3H3/t7?,8-,9+,10?,11+/m0/s1. The van der Waals surface area contributed by atoms with Crippen LogP contribution in [0.15, 0.2) is 0 Å². The Bertz CT molecular complexity index is 329. The van der Waals surface area contributed by atoms with E-state index < -0.39 is 42.6 Å². The highest BCUT2D eigenvalue weighted by molar-refractivity contribution is 5.66. The maximum absolute atomic E-state index is 10.9. The molecule has 19 heavy (non-hydrogen) atoms. The maximum Gasteiger partial charge on any atom is 0.303 e. The van der Waals surface area contributed by atoms with E-state index in [1.807, 2.05) is 0 Å². The second kappa shape index (κ2) is 6.80. The third-order valence-corrected chi connectivity index (χ3v) is 2.66. The van der Waals surface area contributed by atoms with Gasteiger partial charge < -0.3 is 29.2 Å². The van der Waals surface area contributed by atoms with Gasteiger partial charge in [0, 0.05) is 21.0 Å². The number of esters is 2. The van der Waals surface area contributed by atoms with Crippen LogP contribution in [-0.4, -0.2) is 66.6 Å². The molecule has 0 amide bonds. The summed E-state index contributed by atoms with van der Waals surface area (Å²) in [4.78, 5) is 21.6. The molecule has 0 aliphatic carbocycles. The Balaban J connectivity index is 2.73. The zero-order valence-corrected chi connectivity index (χ0v) is 10.9. The summed E-state index contributed by atoms with van der Waals surface area (Å²) >= 11 is 0. The Morgan fingerprint density at radius 3 is 2.26 bits per heavy atom. The van der Waals surface area contributed by atoms with Gasteiger partial charge >= 0.3 is 11.9 Å². The number of hydrogen-bond acceptors (Lipinski definition) is 8. The number of methoxy groups -OCH3 is 1. The van der Waals surface area contributed by atoms with Crippen molar-refractivity contribution in [1.29, 1.82) is 0 Å². The van der Waals surface area contributed by atoms with E-state index in [2.05, 4.69) is 0 Å². The van der Waals surface area contributed by atoms with Crippen LogP contribution in [0.4, 0.5) is 0 Å². The number of aliphatic hydroxyl groups excluding tert-OH is 2. The summed E-state index contributed by atoms with van der Waals surface area (Å²) in [6.45, 7) is 2.18. The summed E-state index contributed by atoms with van der Waals surface area (Å²) in [5.74, 6) is -1.19. The number of hydrogen-bond donors (Lipinski definition) is 2. The Morgan fingerprint density at radius 2 is 1.79 bits per heavy atom. The van der Waals surface area contributed by atoms with E-state index >= 15 is 0 Å². The first-order valence-corrected chi connectivity index (χ1v) is 5.71. The van der Waals surface area contributed by atoms with E-state index in [-0.39, 0.29) is 6.61 Å². The number of aliphatic hydroxyl groups is 2. The number of rotatable bonds is 4. The van der Waals surface area contributed by atoms with Gasteiger partial charge in [0.2, 0.25) is 0 Å². The van der Waals surface area contributed by atoms with Crippen molar-refractivity contribution in [3.63, 3.8) is 0 Å². The van der Waals surface area contributed by atoms with Crippen molar-refractivity contribution in [2.24, 2.45) is 0 Å². The van der Waals surface area contributed by atoms with Crippen LogP contribution in [0, 0.1) is 0 Å². The Hall–Kier alpha value is -1.22. The zero-order chi connectivity index (χ0) is 14.6. The zero-order valence-electron chi connectivity index (χ0n) is 10.9. The van der Waals surface area contributed by atoms with Crippen molar-refractivity contribution >= 4 is 11.9 Å². The molecule has 0 aromatic rings. The fourth-order valence-electron chi connectivity index (χ4n) is 1.85. The van der Waals surface area contributed by atoms with Crippen LogP contribution < -0.4 is 0 Å². The summed E-state index contributed by atoms with van der Waals surface area (Å²) in [7, 11) is 1.32. The lowest BCUT2D eigenvalue weighted by molar-refractivity contribution is -0.294. The van der Waals surface area contributed by atoms with E-state index in [1.165, 1.54) is 14.0 Å². The molecule has 2 unspecified atom stereocenters. The van der Waals surface area contributed by atoms with Gasteiger partial charge in [0.05, 0.1) is 0 Å². The third kappa shape index (κ3) is 4.13. The molecule has 8 heteroatoms. The van der Waals surface area contributed by atoms with Crippen molar-refractivity contribution in [2.45, 2.75) is 44.6 Å². The van der Waals surface area contributed by atoms with E-state index in [0.29, 0.717) is 0 Å². The molecule has 110 valence electrons. The molecule has 1 heterocycles. The first-order chi connectivity index (χ1) is 8.86. The molecule has 0 spiro atoms. The van der Waals surface area contributed by atoms with Gasteiger partial charge in [-0.15, -0.1) is 0 Å². The summed E-state index contributed by atoms with van der Waals surface area (Å²) in [5.41, 5.74) is 0. The second-order valence-corrected chi connectivity index (χ2v) is 4.13. The third-order valence-electron chi connectivity index (χ3n) is 2.66. The fraction of sp³-hybridized carbons (Fsp3) is 0.818. The van der Waals surface area contributed by atoms with Gasteiger partial charge in [-0.25, -0.2) is 0 Å². The molecule has 0 bridgehead atoms. The van der Waals surface area contributed by atoms with Gasteiger partial charge in [-0.2, -0.15) is 0 Å². The lowest BCUT2D eigenvalue weighted by atomic mass is 9.99. The van der Waals surface area contributed by atoms with Crippen LogP contribution in [0.25, 0.3) is 0 Å². The summed E-state index contributed by atoms with van der Waals surface area (Å²) in [6.07, 6.45) is -5.82. The van der Waals surface area contributed by atoms with Gasteiger partial charge in [-0.05, 0) is 0 Å². The van der Waals surface area contributed by atoms with Crippen LogP contribution in [0.3, 0.4) is 0 Å². The molecule has 0 aromatic carbocycles. The minimum Gasteiger partial charge on any atom is -0.463 e. The highest BCUT2D eigenvalue weighted by Crippen LogP contribution is 2.24. The average molecular weight is 278 g/mol. The summed E-state index contributed by atoms with van der Waals surface area (Å²) in [5, 5.41) is 19.7. The monoisotopic (exact) mass is 278 g/mol. The Kier molecular flexibility index (Phi) is 5.67. The molecule has 1 rings (SSSR count). The highest BCUT2D eigenvalue weighted by Gasteiger charge is 2.47. The minimum absolute atomic E-state index is 0.186.